The SMILES string of the molecule is CC(C)=Cc1cc(Br)nn1-c1ccc(OC(F)(F)F)cc1. The highest BCUT2D eigenvalue weighted by molar-refractivity contribution is 9.10. The summed E-state index contributed by atoms with van der Waals surface area (Å²) in [6.07, 6.45) is -2.76. The van der Waals surface area contributed by atoms with E-state index in [9.17, 15) is 13.2 Å². The molecule has 0 saturated heterocycles. The predicted molar refractivity (Wildman–Crippen MR) is 77.3 cm³/mol. The molecular weight excluding hydrogens is 349 g/mol. The number of aromatic nitrogens is 2. The van der Waals surface area contributed by atoms with Crippen LogP contribution < -0.4 is 4.74 Å². The second kappa shape index (κ2) is 5.93. The quantitative estimate of drug-likeness (QED) is 0.773. The first-order valence-electron chi connectivity index (χ1n) is 6.01. The van der Waals surface area contributed by atoms with E-state index in [1.54, 1.807) is 4.68 Å². The van der Waals surface area contributed by atoms with Gasteiger partial charge in [0.1, 0.15) is 10.4 Å². The van der Waals surface area contributed by atoms with E-state index in [2.05, 4.69) is 25.8 Å². The number of hydrogen-bond acceptors (Lipinski definition) is 2. The topological polar surface area (TPSA) is 27.1 Å². The Bertz CT molecular complexity index is 656. The zero-order valence-corrected chi connectivity index (χ0v) is 12.9. The molecule has 0 fully saturated rings. The summed E-state index contributed by atoms with van der Waals surface area (Å²) in [5.41, 5.74) is 2.55. The Hall–Kier alpha value is -1.76. The van der Waals surface area contributed by atoms with Crippen molar-refractivity contribution in [2.45, 2.75) is 20.2 Å². The van der Waals surface area contributed by atoms with Gasteiger partial charge < -0.3 is 4.74 Å². The van der Waals surface area contributed by atoms with E-state index in [1.807, 2.05) is 26.0 Å². The Labute approximate surface area is 128 Å². The first kappa shape index (κ1) is 15.6. The van der Waals surface area contributed by atoms with Gasteiger partial charge in [-0.1, -0.05) is 5.57 Å². The summed E-state index contributed by atoms with van der Waals surface area (Å²) in [4.78, 5) is 0. The molecule has 0 atom stereocenters. The van der Waals surface area contributed by atoms with E-state index in [1.165, 1.54) is 24.3 Å². The Balaban J connectivity index is 2.33. The Kier molecular flexibility index (Phi) is 4.41. The van der Waals surface area contributed by atoms with E-state index in [0.717, 1.165) is 11.3 Å². The Morgan fingerprint density at radius 2 is 1.86 bits per heavy atom. The van der Waals surface area contributed by atoms with Crippen molar-refractivity contribution in [3.05, 3.63) is 46.2 Å². The number of allylic oxidation sites excluding steroid dienone is 1. The van der Waals surface area contributed by atoms with Crippen molar-refractivity contribution in [2.24, 2.45) is 0 Å². The Morgan fingerprint density at radius 3 is 2.38 bits per heavy atom. The average molecular weight is 361 g/mol. The van der Waals surface area contributed by atoms with Gasteiger partial charge in [-0.25, -0.2) is 4.68 Å². The molecule has 2 rings (SSSR count). The first-order valence-corrected chi connectivity index (χ1v) is 6.80. The van der Waals surface area contributed by atoms with Gasteiger partial charge in [0.2, 0.25) is 0 Å². The van der Waals surface area contributed by atoms with Crippen molar-refractivity contribution < 1.29 is 17.9 Å². The summed E-state index contributed by atoms with van der Waals surface area (Å²) in [6, 6.07) is 7.37. The van der Waals surface area contributed by atoms with Crippen LogP contribution in [0.4, 0.5) is 13.2 Å². The summed E-state index contributed by atoms with van der Waals surface area (Å²) in [5.74, 6) is -0.263. The van der Waals surface area contributed by atoms with Crippen molar-refractivity contribution >= 4 is 22.0 Å². The molecule has 2 aromatic rings. The molecule has 0 spiro atoms. The molecule has 1 heterocycles. The largest absolute Gasteiger partial charge is 0.573 e. The zero-order valence-electron chi connectivity index (χ0n) is 11.3. The summed E-state index contributed by atoms with van der Waals surface area (Å²) >= 11 is 3.29. The van der Waals surface area contributed by atoms with Crippen LogP contribution in [-0.2, 0) is 0 Å². The van der Waals surface area contributed by atoms with Crippen LogP contribution in [-0.4, -0.2) is 16.1 Å². The smallest absolute Gasteiger partial charge is 0.406 e. The molecule has 0 unspecified atom stereocenters. The highest BCUT2D eigenvalue weighted by Crippen LogP contribution is 2.25. The third-order valence-electron chi connectivity index (χ3n) is 2.46. The van der Waals surface area contributed by atoms with Crippen LogP contribution in [0.25, 0.3) is 11.8 Å². The molecule has 21 heavy (non-hydrogen) atoms. The number of halogens is 4. The first-order chi connectivity index (χ1) is 9.74. The molecule has 0 saturated carbocycles. The van der Waals surface area contributed by atoms with Gasteiger partial charge in [0.25, 0.3) is 0 Å². The molecule has 0 aliphatic rings. The lowest BCUT2D eigenvalue weighted by Crippen LogP contribution is -2.17. The molecule has 0 N–H and O–H groups in total. The van der Waals surface area contributed by atoms with Crippen LogP contribution in [0.3, 0.4) is 0 Å². The van der Waals surface area contributed by atoms with Gasteiger partial charge in [0.05, 0.1) is 11.4 Å². The summed E-state index contributed by atoms with van der Waals surface area (Å²) in [7, 11) is 0. The minimum atomic E-state index is -4.69. The van der Waals surface area contributed by atoms with Crippen molar-refractivity contribution in [1.82, 2.24) is 9.78 Å². The minimum Gasteiger partial charge on any atom is -0.406 e. The molecular formula is C14H12BrF3N2O. The lowest BCUT2D eigenvalue weighted by molar-refractivity contribution is -0.274. The third-order valence-corrected chi connectivity index (χ3v) is 2.85. The monoisotopic (exact) mass is 360 g/mol. The number of rotatable bonds is 3. The van der Waals surface area contributed by atoms with E-state index in [-0.39, 0.29) is 5.75 Å². The number of alkyl halides is 3. The minimum absolute atomic E-state index is 0.263. The molecule has 1 aromatic carbocycles. The number of nitrogens with zero attached hydrogens (tertiary/aromatic N) is 2. The average Bonchev–Trinajstić information content (AvgIpc) is 2.68. The van der Waals surface area contributed by atoms with Gasteiger partial charge in [-0.3, -0.25) is 0 Å². The van der Waals surface area contributed by atoms with E-state index >= 15 is 0 Å². The van der Waals surface area contributed by atoms with Crippen LogP contribution in [0.2, 0.25) is 0 Å². The highest BCUT2D eigenvalue weighted by Gasteiger charge is 2.31. The summed E-state index contributed by atoms with van der Waals surface area (Å²) < 4.78 is 42.5. The van der Waals surface area contributed by atoms with Gasteiger partial charge in [0, 0.05) is 0 Å². The molecule has 1 aromatic heterocycles. The number of ether oxygens (including phenoxy) is 1. The van der Waals surface area contributed by atoms with Gasteiger partial charge in [-0.2, -0.15) is 5.10 Å². The van der Waals surface area contributed by atoms with Crippen LogP contribution in [0.5, 0.6) is 5.75 Å². The maximum absolute atomic E-state index is 12.1. The standard InChI is InChI=1S/C14H12BrF3N2O/c1-9(2)7-11-8-13(15)19-20(11)10-3-5-12(6-4-10)21-14(16,17)18/h3-8H,1-2H3. The van der Waals surface area contributed by atoms with Gasteiger partial charge in [0.15, 0.2) is 0 Å². The Morgan fingerprint density at radius 1 is 1.24 bits per heavy atom. The van der Waals surface area contributed by atoms with Crippen molar-refractivity contribution in [1.29, 1.82) is 0 Å². The lowest BCUT2D eigenvalue weighted by atomic mass is 10.2. The predicted octanol–water partition coefficient (Wildman–Crippen LogP) is 4.96. The number of hydrogen-bond donors (Lipinski definition) is 0. The zero-order chi connectivity index (χ0) is 15.6. The van der Waals surface area contributed by atoms with E-state index < -0.39 is 6.36 Å². The van der Waals surface area contributed by atoms with E-state index in [0.29, 0.717) is 10.3 Å². The van der Waals surface area contributed by atoms with Gasteiger partial charge in [-0.15, -0.1) is 13.2 Å². The molecule has 0 aliphatic heterocycles. The van der Waals surface area contributed by atoms with E-state index in [4.69, 9.17) is 0 Å². The fraction of sp³-hybridized carbons (Fsp3) is 0.214. The van der Waals surface area contributed by atoms with Crippen molar-refractivity contribution in [3.63, 3.8) is 0 Å². The molecule has 3 nitrogen and oxygen atoms in total. The molecule has 112 valence electrons. The van der Waals surface area contributed by atoms with Crippen LogP contribution >= 0.6 is 15.9 Å². The molecule has 0 radical (unpaired) electrons. The van der Waals surface area contributed by atoms with Crippen LogP contribution in [0, 0.1) is 0 Å². The summed E-state index contributed by atoms with van der Waals surface area (Å²) in [6.45, 7) is 3.90. The maximum Gasteiger partial charge on any atom is 0.573 e. The molecule has 0 bridgehead atoms. The molecule has 7 heteroatoms. The van der Waals surface area contributed by atoms with Gasteiger partial charge >= 0.3 is 6.36 Å². The van der Waals surface area contributed by atoms with Crippen molar-refractivity contribution in [3.8, 4) is 11.4 Å². The fourth-order valence-corrected chi connectivity index (χ4v) is 2.15. The third kappa shape index (κ3) is 4.35. The highest BCUT2D eigenvalue weighted by atomic mass is 79.9. The fourth-order valence-electron chi connectivity index (χ4n) is 1.76. The van der Waals surface area contributed by atoms with Gasteiger partial charge in [-0.05, 0) is 66.2 Å². The molecule has 0 aliphatic carbocycles. The number of benzene rings is 1. The van der Waals surface area contributed by atoms with Crippen LogP contribution in [0.15, 0.2) is 40.5 Å². The lowest BCUT2D eigenvalue weighted by Gasteiger charge is -2.10. The van der Waals surface area contributed by atoms with Crippen LogP contribution in [0.1, 0.15) is 19.5 Å². The summed E-state index contributed by atoms with van der Waals surface area (Å²) in [5, 5.41) is 4.26. The molecule has 0 amide bonds. The normalized spacial score (nSPS) is 11.3. The second-order valence-electron chi connectivity index (χ2n) is 4.57. The second-order valence-corrected chi connectivity index (χ2v) is 5.38. The maximum atomic E-state index is 12.1. The van der Waals surface area contributed by atoms with Crippen molar-refractivity contribution in [2.75, 3.05) is 0 Å².